The molecule has 0 aromatic carbocycles. The molecule has 0 aliphatic heterocycles. The van der Waals surface area contributed by atoms with E-state index in [-0.39, 0.29) is 0 Å². The maximum Gasteiger partial charge on any atom is 0.146 e. The lowest BCUT2D eigenvalue weighted by molar-refractivity contribution is 0.118. The highest BCUT2D eigenvalue weighted by molar-refractivity contribution is 9.10. The van der Waals surface area contributed by atoms with Crippen molar-refractivity contribution in [3.63, 3.8) is 0 Å². The second-order valence-corrected chi connectivity index (χ2v) is 5.10. The predicted molar refractivity (Wildman–Crippen MR) is 51.1 cm³/mol. The van der Waals surface area contributed by atoms with Crippen LogP contribution in [0.5, 0.6) is 0 Å². The van der Waals surface area contributed by atoms with Crippen molar-refractivity contribution in [3.05, 3.63) is 22.6 Å². The molecule has 2 atom stereocenters. The van der Waals surface area contributed by atoms with Gasteiger partial charge in [0, 0.05) is 0 Å². The molecular weight excluding hydrogens is 232 g/mol. The molecule has 3 heteroatoms. The number of aliphatic hydroxyl groups is 1. The van der Waals surface area contributed by atoms with Crippen molar-refractivity contribution in [2.75, 3.05) is 0 Å². The Hall–Kier alpha value is -0.280. The molecular formula is C10H11BrO2. The predicted octanol–water partition coefficient (Wildman–Crippen LogP) is 2.88. The fourth-order valence-corrected chi connectivity index (χ4v) is 2.70. The Morgan fingerprint density at radius 3 is 2.85 bits per heavy atom. The molecule has 13 heavy (non-hydrogen) atoms. The molecule has 2 aliphatic carbocycles. The van der Waals surface area contributed by atoms with Gasteiger partial charge in [-0.2, -0.15) is 0 Å². The highest BCUT2D eigenvalue weighted by Crippen LogP contribution is 2.74. The molecule has 2 fully saturated rings. The third-order valence-electron chi connectivity index (χ3n) is 3.44. The van der Waals surface area contributed by atoms with Crippen molar-refractivity contribution in [3.8, 4) is 0 Å². The van der Waals surface area contributed by atoms with Crippen LogP contribution in [-0.2, 0) is 0 Å². The topological polar surface area (TPSA) is 33.4 Å². The van der Waals surface area contributed by atoms with Gasteiger partial charge in [0.2, 0.25) is 0 Å². The van der Waals surface area contributed by atoms with Crippen molar-refractivity contribution in [2.45, 2.75) is 25.4 Å². The van der Waals surface area contributed by atoms with E-state index in [4.69, 9.17) is 4.42 Å². The number of halogens is 1. The second kappa shape index (κ2) is 2.39. The summed E-state index contributed by atoms with van der Waals surface area (Å²) >= 11 is 3.37. The molecule has 0 radical (unpaired) electrons. The number of rotatable bonds is 2. The van der Waals surface area contributed by atoms with Crippen molar-refractivity contribution in [1.82, 2.24) is 0 Å². The Labute approximate surface area is 85.1 Å². The van der Waals surface area contributed by atoms with Crippen LogP contribution in [0.3, 0.4) is 0 Å². The average molecular weight is 243 g/mol. The summed E-state index contributed by atoms with van der Waals surface area (Å²) in [5, 5.41) is 9.98. The van der Waals surface area contributed by atoms with Crippen LogP contribution < -0.4 is 0 Å². The zero-order valence-electron chi connectivity index (χ0n) is 7.16. The lowest BCUT2D eigenvalue weighted by Crippen LogP contribution is -2.00. The summed E-state index contributed by atoms with van der Waals surface area (Å²) < 4.78 is 6.14. The Kier molecular flexibility index (Phi) is 1.48. The van der Waals surface area contributed by atoms with Crippen LogP contribution >= 0.6 is 15.9 Å². The molecule has 70 valence electrons. The van der Waals surface area contributed by atoms with Crippen LogP contribution in [0.15, 0.2) is 21.2 Å². The van der Waals surface area contributed by atoms with Crippen LogP contribution in [0.25, 0.3) is 0 Å². The summed E-state index contributed by atoms with van der Waals surface area (Å²) in [7, 11) is 0. The summed E-state index contributed by atoms with van der Waals surface area (Å²) in [5.74, 6) is 1.16. The molecule has 2 nitrogen and oxygen atoms in total. The van der Waals surface area contributed by atoms with E-state index in [2.05, 4.69) is 15.9 Å². The maximum atomic E-state index is 9.98. The summed E-state index contributed by atoms with van der Waals surface area (Å²) in [6, 6.07) is 1.83. The molecule has 1 spiro atoms. The van der Waals surface area contributed by atoms with Gasteiger partial charge in [0.1, 0.15) is 11.9 Å². The molecule has 1 heterocycles. The normalized spacial score (nSPS) is 30.5. The van der Waals surface area contributed by atoms with Crippen LogP contribution in [-0.4, -0.2) is 5.11 Å². The Balaban J connectivity index is 1.82. The fourth-order valence-electron chi connectivity index (χ4n) is 2.26. The zero-order chi connectivity index (χ0) is 9.05. The smallest absolute Gasteiger partial charge is 0.146 e. The Bertz CT molecular complexity index is 340. The van der Waals surface area contributed by atoms with Crippen molar-refractivity contribution >= 4 is 15.9 Å². The van der Waals surface area contributed by atoms with E-state index in [1.807, 2.05) is 6.07 Å². The van der Waals surface area contributed by atoms with Gasteiger partial charge in [-0.15, -0.1) is 0 Å². The van der Waals surface area contributed by atoms with E-state index >= 15 is 0 Å². The molecule has 3 rings (SSSR count). The fraction of sp³-hybridized carbons (Fsp3) is 0.600. The van der Waals surface area contributed by atoms with Gasteiger partial charge in [-0.3, -0.25) is 0 Å². The second-order valence-electron chi connectivity index (χ2n) is 4.25. The third kappa shape index (κ3) is 1.10. The number of furan rings is 1. The maximum absolute atomic E-state index is 9.98. The molecule has 0 bridgehead atoms. The van der Waals surface area contributed by atoms with Crippen molar-refractivity contribution in [2.24, 2.45) is 11.3 Å². The van der Waals surface area contributed by atoms with Crippen LogP contribution in [0, 0.1) is 11.3 Å². The summed E-state index contributed by atoms with van der Waals surface area (Å²) in [5.41, 5.74) is 0.519. The molecule has 2 saturated carbocycles. The van der Waals surface area contributed by atoms with Crippen LogP contribution in [0.2, 0.25) is 0 Å². The van der Waals surface area contributed by atoms with Crippen molar-refractivity contribution < 1.29 is 9.52 Å². The van der Waals surface area contributed by atoms with Gasteiger partial charge in [0.15, 0.2) is 0 Å². The molecule has 2 unspecified atom stereocenters. The van der Waals surface area contributed by atoms with E-state index in [0.717, 1.165) is 4.47 Å². The van der Waals surface area contributed by atoms with E-state index < -0.39 is 6.10 Å². The lowest BCUT2D eigenvalue weighted by atomic mass is 10.1. The van der Waals surface area contributed by atoms with E-state index in [1.54, 1.807) is 6.26 Å². The highest BCUT2D eigenvalue weighted by atomic mass is 79.9. The first-order chi connectivity index (χ1) is 6.23. The van der Waals surface area contributed by atoms with Gasteiger partial charge in [-0.25, -0.2) is 0 Å². The minimum Gasteiger partial charge on any atom is -0.465 e. The molecule has 0 saturated heterocycles. The van der Waals surface area contributed by atoms with Gasteiger partial charge < -0.3 is 9.52 Å². The minimum absolute atomic E-state index is 0.396. The summed E-state index contributed by atoms with van der Waals surface area (Å²) in [4.78, 5) is 0. The molecule has 1 N–H and O–H groups in total. The van der Waals surface area contributed by atoms with E-state index in [9.17, 15) is 5.11 Å². The first kappa shape index (κ1) is 8.06. The lowest BCUT2D eigenvalue weighted by Gasteiger charge is -2.06. The third-order valence-corrected chi connectivity index (χ3v) is 4.09. The molecule has 2 aliphatic rings. The van der Waals surface area contributed by atoms with Crippen LogP contribution in [0.1, 0.15) is 31.1 Å². The SMILES string of the molecule is OC(c1occc1Br)C1CC12CC2. The van der Waals surface area contributed by atoms with E-state index in [0.29, 0.717) is 17.1 Å². The average Bonchev–Trinajstić information content (AvgIpc) is 3.00. The highest BCUT2D eigenvalue weighted by Gasteiger charge is 2.65. The number of hydrogen-bond donors (Lipinski definition) is 1. The monoisotopic (exact) mass is 242 g/mol. The number of aliphatic hydroxyl groups excluding tert-OH is 1. The zero-order valence-corrected chi connectivity index (χ0v) is 8.75. The largest absolute Gasteiger partial charge is 0.465 e. The van der Waals surface area contributed by atoms with Gasteiger partial charge in [0.05, 0.1) is 10.7 Å². The Morgan fingerprint density at radius 1 is 1.62 bits per heavy atom. The van der Waals surface area contributed by atoms with Crippen LogP contribution in [0.4, 0.5) is 0 Å². The molecule has 0 amide bonds. The first-order valence-corrected chi connectivity index (χ1v) is 5.43. The number of hydrogen-bond acceptors (Lipinski definition) is 2. The van der Waals surface area contributed by atoms with Gasteiger partial charge in [-0.1, -0.05) is 0 Å². The van der Waals surface area contributed by atoms with Gasteiger partial charge in [-0.05, 0) is 52.6 Å². The molecule has 1 aromatic heterocycles. The standard InChI is InChI=1S/C10H11BrO2/c11-7-1-4-13-9(7)8(12)6-5-10(6)2-3-10/h1,4,6,8,12H,2-3,5H2. The Morgan fingerprint density at radius 2 is 2.38 bits per heavy atom. The summed E-state index contributed by atoms with van der Waals surface area (Å²) in [6.45, 7) is 0. The first-order valence-electron chi connectivity index (χ1n) is 4.64. The molecule has 1 aromatic rings. The van der Waals surface area contributed by atoms with E-state index in [1.165, 1.54) is 19.3 Å². The quantitative estimate of drug-likeness (QED) is 0.866. The van der Waals surface area contributed by atoms with Crippen molar-refractivity contribution in [1.29, 1.82) is 0 Å². The van der Waals surface area contributed by atoms with Gasteiger partial charge >= 0.3 is 0 Å². The minimum atomic E-state index is -0.396. The van der Waals surface area contributed by atoms with Gasteiger partial charge in [0.25, 0.3) is 0 Å². The summed E-state index contributed by atoms with van der Waals surface area (Å²) in [6.07, 6.45) is 5.00.